The molecule has 0 fully saturated rings. The van der Waals surface area contributed by atoms with Crippen molar-refractivity contribution in [3.63, 3.8) is 0 Å². The molecule has 0 radical (unpaired) electrons. The van der Waals surface area contributed by atoms with Crippen LogP contribution in [0.2, 0.25) is 5.02 Å². The fraction of sp³-hybridized carbons (Fsp3) is 0.667. The number of aliphatic hydroxyl groups excluding tert-OH is 1. The summed E-state index contributed by atoms with van der Waals surface area (Å²) in [7, 11) is 0. The van der Waals surface area contributed by atoms with E-state index in [1.54, 1.807) is 22.6 Å². The zero-order valence-electron chi connectivity index (χ0n) is 8.40. The van der Waals surface area contributed by atoms with Crippen LogP contribution in [-0.2, 0) is 6.54 Å². The van der Waals surface area contributed by atoms with E-state index < -0.39 is 6.10 Å². The van der Waals surface area contributed by atoms with Crippen molar-refractivity contribution in [2.75, 3.05) is 12.0 Å². The average molecular weight is 235 g/mol. The topological polar surface area (TPSA) is 38.0 Å². The number of hydrogen-bond acceptors (Lipinski definition) is 3. The Labute approximate surface area is 93.4 Å². The summed E-state index contributed by atoms with van der Waals surface area (Å²) in [5.74, 6) is 0.923. The molecule has 1 unspecified atom stereocenters. The Morgan fingerprint density at radius 2 is 2.43 bits per heavy atom. The second-order valence-corrected chi connectivity index (χ2v) is 4.38. The molecular weight excluding hydrogens is 220 g/mol. The predicted molar refractivity (Wildman–Crippen MR) is 60.9 cm³/mol. The highest BCUT2D eigenvalue weighted by Crippen LogP contribution is 2.25. The second kappa shape index (κ2) is 5.63. The number of aryl methyl sites for hydroxylation is 1. The highest BCUT2D eigenvalue weighted by molar-refractivity contribution is 7.98. The van der Waals surface area contributed by atoms with Crippen molar-refractivity contribution in [2.45, 2.75) is 26.0 Å². The van der Waals surface area contributed by atoms with Crippen molar-refractivity contribution in [3.8, 4) is 0 Å². The summed E-state index contributed by atoms with van der Waals surface area (Å²) in [6.45, 7) is 2.71. The van der Waals surface area contributed by atoms with Gasteiger partial charge in [-0.3, -0.25) is 4.68 Å². The standard InChI is InChI=1S/C9H15ClN2OS/c1-3-12-9(7(10)6-11-12)8(13)4-5-14-2/h6,8,13H,3-5H2,1-2H3. The Kier molecular flexibility index (Phi) is 4.78. The van der Waals surface area contributed by atoms with Gasteiger partial charge in [0.05, 0.1) is 23.0 Å². The SMILES string of the molecule is CCn1ncc(Cl)c1C(O)CCSC. The Morgan fingerprint density at radius 3 is 3.00 bits per heavy atom. The third-order valence-corrected chi connectivity index (χ3v) is 2.98. The van der Waals surface area contributed by atoms with Crippen molar-refractivity contribution in [1.82, 2.24) is 9.78 Å². The first-order chi connectivity index (χ1) is 6.70. The number of thioether (sulfide) groups is 1. The van der Waals surface area contributed by atoms with E-state index in [1.807, 2.05) is 13.2 Å². The van der Waals surface area contributed by atoms with Crippen molar-refractivity contribution in [1.29, 1.82) is 0 Å². The molecule has 5 heteroatoms. The molecule has 14 heavy (non-hydrogen) atoms. The van der Waals surface area contributed by atoms with Gasteiger partial charge in [-0.15, -0.1) is 0 Å². The Morgan fingerprint density at radius 1 is 1.71 bits per heavy atom. The Bertz CT molecular complexity index is 290. The molecular formula is C9H15ClN2OS. The third-order valence-electron chi connectivity index (χ3n) is 2.04. The minimum Gasteiger partial charge on any atom is -0.387 e. The van der Waals surface area contributed by atoms with Crippen LogP contribution in [0.1, 0.15) is 25.1 Å². The van der Waals surface area contributed by atoms with Gasteiger partial charge >= 0.3 is 0 Å². The van der Waals surface area contributed by atoms with E-state index in [1.165, 1.54) is 0 Å². The van der Waals surface area contributed by atoms with Crippen LogP contribution in [0.15, 0.2) is 6.20 Å². The van der Waals surface area contributed by atoms with Crippen molar-refractivity contribution in [2.24, 2.45) is 0 Å². The van der Waals surface area contributed by atoms with Gasteiger partial charge in [-0.1, -0.05) is 11.6 Å². The highest BCUT2D eigenvalue weighted by Gasteiger charge is 2.16. The molecule has 1 N–H and O–H groups in total. The van der Waals surface area contributed by atoms with Crippen molar-refractivity contribution < 1.29 is 5.11 Å². The molecule has 0 aromatic carbocycles. The maximum absolute atomic E-state index is 9.87. The number of rotatable bonds is 5. The molecule has 1 aromatic rings. The van der Waals surface area contributed by atoms with E-state index in [4.69, 9.17) is 11.6 Å². The van der Waals surface area contributed by atoms with Gasteiger partial charge in [0.15, 0.2) is 0 Å². The molecule has 0 aliphatic carbocycles. The first-order valence-electron chi connectivity index (χ1n) is 4.58. The van der Waals surface area contributed by atoms with Crippen molar-refractivity contribution in [3.05, 3.63) is 16.9 Å². The monoisotopic (exact) mass is 234 g/mol. The lowest BCUT2D eigenvalue weighted by Gasteiger charge is -2.12. The maximum Gasteiger partial charge on any atom is 0.0979 e. The molecule has 0 bridgehead atoms. The van der Waals surface area contributed by atoms with Gasteiger partial charge in [0, 0.05) is 6.54 Å². The molecule has 1 atom stereocenters. The van der Waals surface area contributed by atoms with Gasteiger partial charge in [0.1, 0.15) is 0 Å². The zero-order chi connectivity index (χ0) is 10.6. The van der Waals surface area contributed by atoms with Gasteiger partial charge in [-0.25, -0.2) is 0 Å². The molecule has 0 aliphatic rings. The summed E-state index contributed by atoms with van der Waals surface area (Å²) >= 11 is 7.66. The fourth-order valence-electron chi connectivity index (χ4n) is 1.32. The molecule has 1 aromatic heterocycles. The molecule has 80 valence electrons. The van der Waals surface area contributed by atoms with E-state index in [2.05, 4.69) is 5.10 Å². The average Bonchev–Trinajstić information content (AvgIpc) is 2.56. The Balaban J connectivity index is 2.76. The van der Waals surface area contributed by atoms with E-state index in [0.717, 1.165) is 18.0 Å². The quantitative estimate of drug-likeness (QED) is 0.850. The summed E-state index contributed by atoms with van der Waals surface area (Å²) in [5.41, 5.74) is 0.739. The lowest BCUT2D eigenvalue weighted by Crippen LogP contribution is -2.09. The maximum atomic E-state index is 9.87. The van der Waals surface area contributed by atoms with Gasteiger partial charge in [-0.05, 0) is 25.4 Å². The largest absolute Gasteiger partial charge is 0.387 e. The first-order valence-corrected chi connectivity index (χ1v) is 6.36. The first kappa shape index (κ1) is 11.9. The zero-order valence-corrected chi connectivity index (χ0v) is 9.98. The van der Waals surface area contributed by atoms with Crippen LogP contribution in [-0.4, -0.2) is 26.9 Å². The van der Waals surface area contributed by atoms with Gasteiger partial charge in [-0.2, -0.15) is 16.9 Å². The molecule has 0 saturated heterocycles. The number of halogens is 1. The summed E-state index contributed by atoms with van der Waals surface area (Å²) < 4.78 is 1.74. The van der Waals surface area contributed by atoms with Gasteiger partial charge in [0.25, 0.3) is 0 Å². The summed E-state index contributed by atoms with van der Waals surface area (Å²) in [6, 6.07) is 0. The minimum atomic E-state index is -0.502. The molecule has 0 saturated carbocycles. The lowest BCUT2D eigenvalue weighted by atomic mass is 10.2. The Hall–Kier alpha value is -0.190. The lowest BCUT2D eigenvalue weighted by molar-refractivity contribution is 0.164. The summed E-state index contributed by atoms with van der Waals surface area (Å²) in [4.78, 5) is 0. The smallest absolute Gasteiger partial charge is 0.0979 e. The molecule has 1 heterocycles. The van der Waals surface area contributed by atoms with E-state index in [9.17, 15) is 5.11 Å². The van der Waals surface area contributed by atoms with Crippen LogP contribution in [0, 0.1) is 0 Å². The highest BCUT2D eigenvalue weighted by atomic mass is 35.5. The summed E-state index contributed by atoms with van der Waals surface area (Å²) in [6.07, 6.45) is 3.82. The number of aliphatic hydroxyl groups is 1. The molecule has 0 amide bonds. The van der Waals surface area contributed by atoms with Gasteiger partial charge < -0.3 is 5.11 Å². The predicted octanol–water partition coefficient (Wildman–Crippen LogP) is 2.34. The van der Waals surface area contributed by atoms with Crippen LogP contribution in [0.5, 0.6) is 0 Å². The molecule has 0 spiro atoms. The van der Waals surface area contributed by atoms with E-state index >= 15 is 0 Å². The van der Waals surface area contributed by atoms with E-state index in [0.29, 0.717) is 11.4 Å². The van der Waals surface area contributed by atoms with Crippen LogP contribution < -0.4 is 0 Å². The number of aromatic nitrogens is 2. The van der Waals surface area contributed by atoms with Crippen LogP contribution in [0.3, 0.4) is 0 Å². The van der Waals surface area contributed by atoms with Crippen LogP contribution >= 0.6 is 23.4 Å². The van der Waals surface area contributed by atoms with Crippen LogP contribution in [0.25, 0.3) is 0 Å². The molecule has 1 rings (SSSR count). The normalized spacial score (nSPS) is 13.1. The van der Waals surface area contributed by atoms with Crippen LogP contribution in [0.4, 0.5) is 0 Å². The van der Waals surface area contributed by atoms with E-state index in [-0.39, 0.29) is 0 Å². The summed E-state index contributed by atoms with van der Waals surface area (Å²) in [5, 5.41) is 14.5. The molecule has 0 aliphatic heterocycles. The second-order valence-electron chi connectivity index (χ2n) is 2.99. The third kappa shape index (κ3) is 2.65. The van der Waals surface area contributed by atoms with Crippen molar-refractivity contribution >= 4 is 23.4 Å². The fourth-order valence-corrected chi connectivity index (χ4v) is 2.05. The van der Waals surface area contributed by atoms with Gasteiger partial charge in [0.2, 0.25) is 0 Å². The minimum absolute atomic E-state index is 0.502. The molecule has 3 nitrogen and oxygen atoms in total. The number of hydrogen-bond donors (Lipinski definition) is 1. The number of nitrogens with zero attached hydrogens (tertiary/aromatic N) is 2.